The molecule has 0 spiro atoms. The van der Waals surface area contributed by atoms with Crippen molar-refractivity contribution >= 4 is 0 Å². The molecule has 1 rings (SSSR count). The van der Waals surface area contributed by atoms with E-state index in [-0.39, 0.29) is 6.04 Å². The maximum atomic E-state index is 9.12. The molecule has 3 nitrogen and oxygen atoms in total. The summed E-state index contributed by atoms with van der Waals surface area (Å²) in [4.78, 5) is 2.49. The fourth-order valence-corrected chi connectivity index (χ4v) is 2.52. The number of hydrogen-bond acceptors (Lipinski definition) is 3. The van der Waals surface area contributed by atoms with E-state index in [2.05, 4.69) is 37.1 Å². The van der Waals surface area contributed by atoms with Gasteiger partial charge in [-0.1, -0.05) is 13.3 Å². The molecule has 0 amide bonds. The summed E-state index contributed by atoms with van der Waals surface area (Å²) in [6.07, 6.45) is 4.97. The van der Waals surface area contributed by atoms with Crippen molar-refractivity contribution in [3.8, 4) is 6.07 Å². The Morgan fingerprint density at radius 1 is 1.38 bits per heavy atom. The van der Waals surface area contributed by atoms with Crippen LogP contribution < -0.4 is 5.32 Å². The fourth-order valence-electron chi connectivity index (χ4n) is 2.52. The van der Waals surface area contributed by atoms with Gasteiger partial charge in [-0.15, -0.1) is 0 Å². The third-order valence-electron chi connectivity index (χ3n) is 3.57. The Morgan fingerprint density at radius 2 is 2.00 bits per heavy atom. The zero-order valence-electron chi connectivity index (χ0n) is 10.9. The summed E-state index contributed by atoms with van der Waals surface area (Å²) in [7, 11) is 0. The second-order valence-corrected chi connectivity index (χ2v) is 4.96. The van der Waals surface area contributed by atoms with Crippen molar-refractivity contribution in [2.24, 2.45) is 0 Å². The van der Waals surface area contributed by atoms with Crippen molar-refractivity contribution < 1.29 is 0 Å². The van der Waals surface area contributed by atoms with Crippen LogP contribution in [0.2, 0.25) is 0 Å². The van der Waals surface area contributed by atoms with E-state index in [1.807, 2.05) is 0 Å². The molecule has 0 aromatic heterocycles. The van der Waals surface area contributed by atoms with Crippen molar-refractivity contribution in [2.45, 2.75) is 64.6 Å². The molecule has 3 atom stereocenters. The molecule has 1 fully saturated rings. The van der Waals surface area contributed by atoms with Crippen LogP contribution in [0.25, 0.3) is 0 Å². The van der Waals surface area contributed by atoms with Gasteiger partial charge in [0.05, 0.1) is 6.07 Å². The highest BCUT2D eigenvalue weighted by molar-refractivity contribution is 4.94. The van der Waals surface area contributed by atoms with E-state index in [1.165, 1.54) is 19.3 Å². The highest BCUT2D eigenvalue weighted by Gasteiger charge is 2.26. The zero-order valence-corrected chi connectivity index (χ0v) is 10.9. The van der Waals surface area contributed by atoms with E-state index >= 15 is 0 Å². The van der Waals surface area contributed by atoms with Crippen molar-refractivity contribution in [1.82, 2.24) is 10.2 Å². The molecule has 1 N–H and O–H groups in total. The first-order valence-electron chi connectivity index (χ1n) is 6.57. The lowest BCUT2D eigenvalue weighted by Gasteiger charge is -2.40. The first-order chi connectivity index (χ1) is 7.69. The minimum atomic E-state index is -0.0112. The lowest BCUT2D eigenvalue weighted by Crippen LogP contribution is -2.50. The number of piperidine rings is 1. The number of likely N-dealkylation sites (tertiary alicyclic amines) is 1. The number of nitrogens with one attached hydrogen (secondary N) is 1. The van der Waals surface area contributed by atoms with Crippen LogP contribution in [0.1, 0.15) is 46.5 Å². The first kappa shape index (κ1) is 13.5. The predicted molar refractivity (Wildman–Crippen MR) is 67.2 cm³/mol. The number of nitrogens with zero attached hydrogens (tertiary/aromatic N) is 2. The minimum absolute atomic E-state index is 0.0112. The highest BCUT2D eigenvalue weighted by Crippen LogP contribution is 2.22. The van der Waals surface area contributed by atoms with E-state index in [1.54, 1.807) is 0 Å². The average molecular weight is 223 g/mol. The van der Waals surface area contributed by atoms with Crippen LogP contribution in [0.15, 0.2) is 0 Å². The molecule has 0 bridgehead atoms. The Balaban J connectivity index is 2.45. The largest absolute Gasteiger partial charge is 0.301 e. The summed E-state index contributed by atoms with van der Waals surface area (Å²) < 4.78 is 0. The van der Waals surface area contributed by atoms with Crippen molar-refractivity contribution in [3.05, 3.63) is 0 Å². The van der Waals surface area contributed by atoms with Gasteiger partial charge in [-0.3, -0.25) is 4.90 Å². The van der Waals surface area contributed by atoms with Crippen LogP contribution in [-0.4, -0.2) is 36.1 Å². The Labute approximate surface area is 99.8 Å². The Kier molecular flexibility index (Phi) is 5.79. The van der Waals surface area contributed by atoms with Crippen molar-refractivity contribution in [2.75, 3.05) is 13.1 Å². The molecule has 0 aromatic carbocycles. The SMILES string of the molecule is CCCNC(C#N)CN1[C@H](C)CCC[C@@H]1C. The standard InChI is InChI=1S/C13H25N3/c1-4-8-15-13(9-14)10-16-11(2)6-5-7-12(16)3/h11-13,15H,4-8,10H2,1-3H3/t11-,12+,13?. The molecule has 92 valence electrons. The molecule has 1 aliphatic heterocycles. The first-order valence-corrected chi connectivity index (χ1v) is 6.57. The number of rotatable bonds is 5. The van der Waals surface area contributed by atoms with E-state index in [0.717, 1.165) is 19.5 Å². The quantitative estimate of drug-likeness (QED) is 0.776. The summed E-state index contributed by atoms with van der Waals surface area (Å²) in [6, 6.07) is 3.62. The van der Waals surface area contributed by atoms with Gasteiger partial charge in [-0.2, -0.15) is 5.26 Å². The van der Waals surface area contributed by atoms with Gasteiger partial charge in [-0.05, 0) is 39.7 Å². The van der Waals surface area contributed by atoms with E-state index in [9.17, 15) is 0 Å². The maximum absolute atomic E-state index is 9.12. The zero-order chi connectivity index (χ0) is 12.0. The van der Waals surface area contributed by atoms with Crippen LogP contribution in [0.3, 0.4) is 0 Å². The number of hydrogen-bond donors (Lipinski definition) is 1. The van der Waals surface area contributed by atoms with Crippen LogP contribution in [-0.2, 0) is 0 Å². The Morgan fingerprint density at radius 3 is 2.50 bits per heavy atom. The summed E-state index contributed by atoms with van der Waals surface area (Å²) in [5.41, 5.74) is 0. The molecule has 1 aliphatic rings. The molecule has 0 aromatic rings. The minimum Gasteiger partial charge on any atom is -0.301 e. The topological polar surface area (TPSA) is 39.1 Å². The molecule has 1 unspecified atom stereocenters. The van der Waals surface area contributed by atoms with Gasteiger partial charge < -0.3 is 5.32 Å². The Bertz CT molecular complexity index is 224. The summed E-state index contributed by atoms with van der Waals surface area (Å²) in [5.74, 6) is 0. The van der Waals surface area contributed by atoms with Gasteiger partial charge in [-0.25, -0.2) is 0 Å². The second kappa shape index (κ2) is 6.88. The summed E-state index contributed by atoms with van der Waals surface area (Å²) >= 11 is 0. The van der Waals surface area contributed by atoms with Crippen LogP contribution >= 0.6 is 0 Å². The lowest BCUT2D eigenvalue weighted by molar-refractivity contribution is 0.0976. The van der Waals surface area contributed by atoms with Crippen LogP contribution in [0.5, 0.6) is 0 Å². The van der Waals surface area contributed by atoms with Gasteiger partial charge in [0, 0.05) is 18.6 Å². The normalized spacial score (nSPS) is 28.6. The summed E-state index contributed by atoms with van der Waals surface area (Å²) in [6.45, 7) is 8.51. The molecular weight excluding hydrogens is 198 g/mol. The lowest BCUT2D eigenvalue weighted by atomic mass is 9.97. The van der Waals surface area contributed by atoms with Crippen LogP contribution in [0.4, 0.5) is 0 Å². The highest BCUT2D eigenvalue weighted by atomic mass is 15.2. The van der Waals surface area contributed by atoms with Gasteiger partial charge >= 0.3 is 0 Å². The molecule has 16 heavy (non-hydrogen) atoms. The van der Waals surface area contributed by atoms with Crippen LogP contribution in [0, 0.1) is 11.3 Å². The van der Waals surface area contributed by atoms with Crippen molar-refractivity contribution in [3.63, 3.8) is 0 Å². The predicted octanol–water partition coefficient (Wildman–Crippen LogP) is 2.14. The maximum Gasteiger partial charge on any atom is 0.108 e. The molecule has 1 saturated heterocycles. The van der Waals surface area contributed by atoms with Gasteiger partial charge in [0.1, 0.15) is 6.04 Å². The smallest absolute Gasteiger partial charge is 0.108 e. The molecule has 1 heterocycles. The molecule has 3 heteroatoms. The molecule has 0 aliphatic carbocycles. The van der Waals surface area contributed by atoms with Gasteiger partial charge in [0.2, 0.25) is 0 Å². The van der Waals surface area contributed by atoms with Gasteiger partial charge in [0.25, 0.3) is 0 Å². The summed E-state index contributed by atoms with van der Waals surface area (Å²) in [5, 5.41) is 12.4. The van der Waals surface area contributed by atoms with E-state index < -0.39 is 0 Å². The van der Waals surface area contributed by atoms with E-state index in [0.29, 0.717) is 12.1 Å². The van der Waals surface area contributed by atoms with Crippen molar-refractivity contribution in [1.29, 1.82) is 5.26 Å². The second-order valence-electron chi connectivity index (χ2n) is 4.96. The third kappa shape index (κ3) is 3.77. The number of nitriles is 1. The molecule has 0 saturated carbocycles. The monoisotopic (exact) mass is 223 g/mol. The van der Waals surface area contributed by atoms with E-state index in [4.69, 9.17) is 5.26 Å². The third-order valence-corrected chi connectivity index (χ3v) is 3.57. The fraction of sp³-hybridized carbons (Fsp3) is 0.923. The average Bonchev–Trinajstić information content (AvgIpc) is 2.28. The van der Waals surface area contributed by atoms with Gasteiger partial charge in [0.15, 0.2) is 0 Å². The molecular formula is C13H25N3. The Hall–Kier alpha value is -0.590. The molecule has 0 radical (unpaired) electrons.